The van der Waals surface area contributed by atoms with Gasteiger partial charge in [-0.1, -0.05) is 11.8 Å². The van der Waals surface area contributed by atoms with Crippen molar-refractivity contribution in [3.05, 3.63) is 46.2 Å². The highest BCUT2D eigenvalue weighted by atomic mass is 32.2. The van der Waals surface area contributed by atoms with Crippen LogP contribution in [0.3, 0.4) is 0 Å². The number of thioether (sulfide) groups is 1. The number of morpholine rings is 1. The van der Waals surface area contributed by atoms with Crippen LogP contribution in [0, 0.1) is 5.82 Å². The van der Waals surface area contributed by atoms with Gasteiger partial charge < -0.3 is 14.4 Å². The molecular formula is C18H20FN5O2S2. The van der Waals surface area contributed by atoms with E-state index in [0.717, 1.165) is 48.1 Å². The van der Waals surface area contributed by atoms with Gasteiger partial charge in [-0.15, -0.1) is 21.5 Å². The molecule has 0 bridgehead atoms. The summed E-state index contributed by atoms with van der Waals surface area (Å²) in [6, 6.07) is 5.98. The van der Waals surface area contributed by atoms with E-state index in [1.807, 2.05) is 17.0 Å². The summed E-state index contributed by atoms with van der Waals surface area (Å²) in [6.07, 6.45) is 0. The molecule has 1 fully saturated rings. The fourth-order valence-electron chi connectivity index (χ4n) is 2.77. The number of hydrogen-bond acceptors (Lipinski definition) is 8. The molecule has 3 heterocycles. The van der Waals surface area contributed by atoms with Gasteiger partial charge in [0.2, 0.25) is 5.95 Å². The van der Waals surface area contributed by atoms with Crippen LogP contribution in [0.5, 0.6) is 5.75 Å². The molecule has 7 nitrogen and oxygen atoms in total. The molecule has 0 atom stereocenters. The third kappa shape index (κ3) is 4.62. The maximum atomic E-state index is 12.9. The van der Waals surface area contributed by atoms with Crippen molar-refractivity contribution in [3.8, 4) is 5.75 Å². The molecule has 0 N–H and O–H groups in total. The summed E-state index contributed by atoms with van der Waals surface area (Å²) in [5.41, 5.74) is 0.976. The molecule has 28 heavy (non-hydrogen) atoms. The first-order valence-electron chi connectivity index (χ1n) is 8.85. The van der Waals surface area contributed by atoms with Gasteiger partial charge in [-0.2, -0.15) is 0 Å². The summed E-state index contributed by atoms with van der Waals surface area (Å²) in [7, 11) is 1.98. The zero-order valence-corrected chi connectivity index (χ0v) is 17.0. The topological polar surface area (TPSA) is 65.3 Å². The lowest BCUT2D eigenvalue weighted by Gasteiger charge is -2.27. The van der Waals surface area contributed by atoms with Crippen LogP contribution in [0.15, 0.2) is 34.8 Å². The van der Waals surface area contributed by atoms with E-state index in [4.69, 9.17) is 9.47 Å². The minimum Gasteiger partial charge on any atom is -0.486 e. The van der Waals surface area contributed by atoms with Gasteiger partial charge in [0.1, 0.15) is 23.2 Å². The number of ether oxygens (including phenoxy) is 2. The monoisotopic (exact) mass is 421 g/mol. The van der Waals surface area contributed by atoms with Gasteiger partial charge >= 0.3 is 0 Å². The van der Waals surface area contributed by atoms with Gasteiger partial charge in [-0.3, -0.25) is 4.57 Å². The number of hydrogen-bond donors (Lipinski definition) is 0. The van der Waals surface area contributed by atoms with Gasteiger partial charge in [0.25, 0.3) is 0 Å². The summed E-state index contributed by atoms with van der Waals surface area (Å²) < 4.78 is 26.0. The summed E-state index contributed by atoms with van der Waals surface area (Å²) in [6.45, 7) is 3.47. The lowest BCUT2D eigenvalue weighted by atomic mass is 10.3. The smallest absolute Gasteiger partial charge is 0.227 e. The van der Waals surface area contributed by atoms with E-state index in [1.54, 1.807) is 35.2 Å². The van der Waals surface area contributed by atoms with Crippen molar-refractivity contribution in [2.75, 3.05) is 31.2 Å². The van der Waals surface area contributed by atoms with E-state index in [1.165, 1.54) is 12.1 Å². The molecule has 1 aliphatic rings. The second-order valence-corrected chi connectivity index (χ2v) is 8.09. The van der Waals surface area contributed by atoms with E-state index in [2.05, 4.69) is 20.1 Å². The van der Waals surface area contributed by atoms with Crippen LogP contribution in [0.4, 0.5) is 10.3 Å². The number of halogens is 1. The zero-order valence-electron chi connectivity index (χ0n) is 15.4. The van der Waals surface area contributed by atoms with Gasteiger partial charge in [-0.25, -0.2) is 9.37 Å². The molecule has 1 saturated heterocycles. The van der Waals surface area contributed by atoms with E-state index in [9.17, 15) is 4.39 Å². The number of nitrogens with zero attached hydrogens (tertiary/aromatic N) is 5. The van der Waals surface area contributed by atoms with Crippen LogP contribution in [-0.4, -0.2) is 46.1 Å². The predicted molar refractivity (Wildman–Crippen MR) is 106 cm³/mol. The molecule has 0 spiro atoms. The molecular weight excluding hydrogens is 401 g/mol. The Morgan fingerprint density at radius 3 is 2.79 bits per heavy atom. The number of anilines is 1. The van der Waals surface area contributed by atoms with Crippen LogP contribution >= 0.6 is 23.1 Å². The van der Waals surface area contributed by atoms with Crippen molar-refractivity contribution in [1.82, 2.24) is 19.7 Å². The second kappa shape index (κ2) is 8.89. The third-order valence-electron chi connectivity index (χ3n) is 4.23. The van der Waals surface area contributed by atoms with E-state index >= 15 is 0 Å². The third-order valence-corrected chi connectivity index (χ3v) is 6.16. The average Bonchev–Trinajstić information content (AvgIpc) is 3.33. The van der Waals surface area contributed by atoms with Crippen molar-refractivity contribution in [1.29, 1.82) is 0 Å². The first-order valence-corrected chi connectivity index (χ1v) is 10.7. The van der Waals surface area contributed by atoms with Gasteiger partial charge in [0.15, 0.2) is 5.16 Å². The molecule has 1 aliphatic heterocycles. The standard InChI is InChI=1S/C18H20FN5O2S2/c1-23-17(24-6-8-25-9-7-24)21-22-18(23)28-12-14-11-27-16(20-14)10-26-15-4-2-13(19)3-5-15/h2-5,11H,6-10,12H2,1H3. The Kier molecular flexibility index (Phi) is 6.08. The Morgan fingerprint density at radius 2 is 2.00 bits per heavy atom. The quantitative estimate of drug-likeness (QED) is 0.543. The molecule has 0 radical (unpaired) electrons. The zero-order chi connectivity index (χ0) is 19.3. The van der Waals surface area contributed by atoms with Gasteiger partial charge in [0.05, 0.1) is 18.9 Å². The Labute approximate surface area is 170 Å². The second-order valence-electron chi connectivity index (χ2n) is 6.20. The molecule has 2 aromatic heterocycles. The van der Waals surface area contributed by atoms with Crippen LogP contribution in [0.1, 0.15) is 10.7 Å². The van der Waals surface area contributed by atoms with E-state index < -0.39 is 0 Å². The lowest BCUT2D eigenvalue weighted by molar-refractivity contribution is 0.121. The van der Waals surface area contributed by atoms with Crippen LogP contribution in [-0.2, 0) is 24.1 Å². The summed E-state index contributed by atoms with van der Waals surface area (Å²) in [5.74, 6) is 1.93. The number of rotatable bonds is 7. The van der Waals surface area contributed by atoms with Crippen LogP contribution < -0.4 is 9.64 Å². The van der Waals surface area contributed by atoms with Crippen molar-refractivity contribution < 1.29 is 13.9 Å². The summed E-state index contributed by atoms with van der Waals surface area (Å²) >= 11 is 3.16. The largest absolute Gasteiger partial charge is 0.486 e. The SMILES string of the molecule is Cn1c(SCc2csc(COc3ccc(F)cc3)n2)nnc1N1CCOCC1. The normalized spacial score (nSPS) is 14.4. The number of aromatic nitrogens is 4. The maximum Gasteiger partial charge on any atom is 0.227 e. The number of benzene rings is 1. The Morgan fingerprint density at radius 1 is 1.21 bits per heavy atom. The summed E-state index contributed by atoms with van der Waals surface area (Å²) in [5, 5.41) is 12.4. The van der Waals surface area contributed by atoms with Gasteiger partial charge in [-0.05, 0) is 24.3 Å². The van der Waals surface area contributed by atoms with Crippen molar-refractivity contribution in [2.24, 2.45) is 7.05 Å². The Hall–Kier alpha value is -2.17. The first kappa shape index (κ1) is 19.2. The molecule has 3 aromatic rings. The van der Waals surface area contributed by atoms with Gasteiger partial charge in [0, 0.05) is 31.3 Å². The maximum absolute atomic E-state index is 12.9. The summed E-state index contributed by atoms with van der Waals surface area (Å²) in [4.78, 5) is 6.79. The molecule has 0 aliphatic carbocycles. The molecule has 1 aromatic carbocycles. The highest BCUT2D eigenvalue weighted by Crippen LogP contribution is 2.25. The number of thiazole rings is 1. The molecule has 148 valence electrons. The highest BCUT2D eigenvalue weighted by molar-refractivity contribution is 7.98. The fourth-order valence-corrected chi connectivity index (χ4v) is 4.38. The molecule has 0 unspecified atom stereocenters. The molecule has 0 saturated carbocycles. The van der Waals surface area contributed by atoms with Crippen molar-refractivity contribution >= 4 is 29.0 Å². The van der Waals surface area contributed by atoms with Crippen molar-refractivity contribution in [3.63, 3.8) is 0 Å². The van der Waals surface area contributed by atoms with E-state index in [-0.39, 0.29) is 5.82 Å². The van der Waals surface area contributed by atoms with Crippen LogP contribution in [0.25, 0.3) is 0 Å². The Balaban J connectivity index is 1.31. The fraction of sp³-hybridized carbons (Fsp3) is 0.389. The minimum absolute atomic E-state index is 0.276. The highest BCUT2D eigenvalue weighted by Gasteiger charge is 2.18. The molecule has 0 amide bonds. The van der Waals surface area contributed by atoms with E-state index in [0.29, 0.717) is 18.1 Å². The first-order chi connectivity index (χ1) is 13.7. The minimum atomic E-state index is -0.276. The molecule has 10 heteroatoms. The molecule has 4 rings (SSSR count). The lowest BCUT2D eigenvalue weighted by Crippen LogP contribution is -2.37. The Bertz CT molecular complexity index is 909. The predicted octanol–water partition coefficient (Wildman–Crippen LogP) is 3.12. The van der Waals surface area contributed by atoms with Crippen molar-refractivity contribution in [2.45, 2.75) is 17.5 Å². The average molecular weight is 422 g/mol. The van der Waals surface area contributed by atoms with Crippen LogP contribution in [0.2, 0.25) is 0 Å².